The molecule has 0 fully saturated rings. The van der Waals surface area contributed by atoms with E-state index in [1.54, 1.807) is 74.8 Å². The molecule has 8 heteroatoms. The van der Waals surface area contributed by atoms with Crippen LogP contribution in [0.4, 0.5) is 5.69 Å². The average Bonchev–Trinajstić information content (AvgIpc) is 3.45. The van der Waals surface area contributed by atoms with Crippen LogP contribution in [0.15, 0.2) is 75.8 Å². The zero-order valence-corrected chi connectivity index (χ0v) is 16.3. The minimum Gasteiger partial charge on any atom is -0.459 e. The number of carbonyl (C=O) groups excluding carboxylic acids is 2. The van der Waals surface area contributed by atoms with Crippen LogP contribution in [0, 0.1) is 0 Å². The van der Waals surface area contributed by atoms with E-state index in [4.69, 9.17) is 8.83 Å². The van der Waals surface area contributed by atoms with E-state index in [0.717, 1.165) is 0 Å². The molecule has 4 aromatic rings. The number of hydrogen-bond acceptors (Lipinski definition) is 6. The number of aromatic nitrogens is 2. The van der Waals surface area contributed by atoms with Crippen molar-refractivity contribution in [3.05, 3.63) is 78.1 Å². The lowest BCUT2D eigenvalue weighted by Gasteiger charge is -2.11. The van der Waals surface area contributed by atoms with Crippen LogP contribution in [0.25, 0.3) is 23.1 Å². The van der Waals surface area contributed by atoms with Crippen LogP contribution in [0.2, 0.25) is 0 Å². The summed E-state index contributed by atoms with van der Waals surface area (Å²) in [6, 6.07) is 17.1. The van der Waals surface area contributed by atoms with Crippen molar-refractivity contribution in [1.29, 1.82) is 0 Å². The summed E-state index contributed by atoms with van der Waals surface area (Å²) in [5.74, 6) is 0.547. The number of nitrogens with one attached hydrogen (secondary N) is 1. The Balaban J connectivity index is 1.53. The predicted octanol–water partition coefficient (Wildman–Crippen LogP) is 3.95. The third-order valence-corrected chi connectivity index (χ3v) is 4.30. The van der Waals surface area contributed by atoms with Crippen LogP contribution >= 0.6 is 0 Å². The first kappa shape index (κ1) is 19.1. The van der Waals surface area contributed by atoms with E-state index in [-0.39, 0.29) is 17.7 Å². The fourth-order valence-corrected chi connectivity index (χ4v) is 2.82. The molecule has 8 nitrogen and oxygen atoms in total. The van der Waals surface area contributed by atoms with Gasteiger partial charge in [0.15, 0.2) is 5.76 Å². The largest absolute Gasteiger partial charge is 0.459 e. The third-order valence-electron chi connectivity index (χ3n) is 4.30. The van der Waals surface area contributed by atoms with Gasteiger partial charge in [0.05, 0.1) is 6.26 Å². The van der Waals surface area contributed by atoms with E-state index in [1.807, 2.05) is 0 Å². The normalized spacial score (nSPS) is 10.6. The van der Waals surface area contributed by atoms with E-state index in [1.165, 1.54) is 11.2 Å². The Morgan fingerprint density at radius 1 is 0.900 bits per heavy atom. The number of carbonyl (C=O) groups is 2. The summed E-state index contributed by atoms with van der Waals surface area (Å²) in [5, 5.41) is 10.8. The van der Waals surface area contributed by atoms with E-state index in [9.17, 15) is 9.59 Å². The minimum atomic E-state index is -0.331. The highest BCUT2D eigenvalue weighted by Crippen LogP contribution is 2.26. The molecule has 2 heterocycles. The quantitative estimate of drug-likeness (QED) is 0.542. The fourth-order valence-electron chi connectivity index (χ4n) is 2.82. The van der Waals surface area contributed by atoms with Crippen molar-refractivity contribution in [3.63, 3.8) is 0 Å². The second-order valence-corrected chi connectivity index (χ2v) is 6.70. The Hall–Kier alpha value is -4.20. The molecular weight excluding hydrogens is 384 g/mol. The monoisotopic (exact) mass is 402 g/mol. The van der Waals surface area contributed by atoms with Crippen LogP contribution in [0.5, 0.6) is 0 Å². The van der Waals surface area contributed by atoms with Crippen molar-refractivity contribution in [3.8, 4) is 23.1 Å². The molecule has 0 saturated heterocycles. The maximum Gasteiger partial charge on any atom is 0.283 e. The number of nitrogens with zero attached hydrogens (tertiary/aromatic N) is 3. The molecule has 0 radical (unpaired) electrons. The van der Waals surface area contributed by atoms with Crippen molar-refractivity contribution in [2.24, 2.45) is 0 Å². The Morgan fingerprint density at radius 3 is 2.43 bits per heavy atom. The molecule has 30 heavy (non-hydrogen) atoms. The highest BCUT2D eigenvalue weighted by atomic mass is 16.4. The van der Waals surface area contributed by atoms with Crippen LogP contribution in [0.3, 0.4) is 0 Å². The van der Waals surface area contributed by atoms with Crippen molar-refractivity contribution in [1.82, 2.24) is 15.1 Å². The number of anilines is 1. The standard InChI is InChI=1S/C22H18N4O4/c1-26(2)22(28)16-8-3-6-14(12-16)19(27)23-17-9-4-7-15(13-17)20-24-25-21(30-20)18-10-5-11-29-18/h3-13H,1-2H3,(H,23,27). The molecule has 0 aliphatic heterocycles. The number of rotatable bonds is 5. The summed E-state index contributed by atoms with van der Waals surface area (Å²) in [5.41, 5.74) is 2.03. The molecule has 2 amide bonds. The second kappa shape index (κ2) is 8.04. The summed E-state index contributed by atoms with van der Waals surface area (Å²) >= 11 is 0. The summed E-state index contributed by atoms with van der Waals surface area (Å²) < 4.78 is 10.9. The molecule has 0 spiro atoms. The van der Waals surface area contributed by atoms with Gasteiger partial charge in [-0.05, 0) is 48.5 Å². The molecular formula is C22H18N4O4. The van der Waals surface area contributed by atoms with Gasteiger partial charge in [0.1, 0.15) is 0 Å². The lowest BCUT2D eigenvalue weighted by atomic mass is 10.1. The van der Waals surface area contributed by atoms with Crippen molar-refractivity contribution < 1.29 is 18.4 Å². The maximum atomic E-state index is 12.7. The Kier molecular flexibility index (Phi) is 5.13. The van der Waals surface area contributed by atoms with Gasteiger partial charge in [-0.1, -0.05) is 12.1 Å². The highest BCUT2D eigenvalue weighted by molar-refractivity contribution is 6.06. The summed E-state index contributed by atoms with van der Waals surface area (Å²) in [6.07, 6.45) is 1.52. The molecule has 4 rings (SSSR count). The van der Waals surface area contributed by atoms with Gasteiger partial charge in [-0.3, -0.25) is 9.59 Å². The number of hydrogen-bond donors (Lipinski definition) is 1. The predicted molar refractivity (Wildman–Crippen MR) is 110 cm³/mol. The zero-order valence-electron chi connectivity index (χ0n) is 16.3. The zero-order chi connectivity index (χ0) is 21.1. The molecule has 0 unspecified atom stereocenters. The second-order valence-electron chi connectivity index (χ2n) is 6.70. The topological polar surface area (TPSA) is 101 Å². The van der Waals surface area contributed by atoms with Gasteiger partial charge in [0.2, 0.25) is 5.89 Å². The van der Waals surface area contributed by atoms with E-state index in [2.05, 4.69) is 15.5 Å². The molecule has 0 aliphatic carbocycles. The van der Waals surface area contributed by atoms with Crippen molar-refractivity contribution in [2.45, 2.75) is 0 Å². The molecule has 2 aromatic heterocycles. The Bertz CT molecular complexity index is 1200. The number of amides is 2. The van der Waals surface area contributed by atoms with Gasteiger partial charge in [0.25, 0.3) is 17.7 Å². The van der Waals surface area contributed by atoms with Crippen LogP contribution < -0.4 is 5.32 Å². The summed E-state index contributed by atoms with van der Waals surface area (Å²) in [4.78, 5) is 26.3. The Labute approximate surface area is 172 Å². The minimum absolute atomic E-state index is 0.171. The van der Waals surface area contributed by atoms with Gasteiger partial charge in [-0.25, -0.2) is 0 Å². The van der Waals surface area contributed by atoms with E-state index >= 15 is 0 Å². The molecule has 0 aliphatic rings. The van der Waals surface area contributed by atoms with Crippen LogP contribution in [0.1, 0.15) is 20.7 Å². The third kappa shape index (κ3) is 3.97. The summed E-state index contributed by atoms with van der Waals surface area (Å²) in [6.45, 7) is 0. The number of furan rings is 1. The highest BCUT2D eigenvalue weighted by Gasteiger charge is 2.15. The van der Waals surface area contributed by atoms with Gasteiger partial charge in [-0.2, -0.15) is 0 Å². The molecule has 150 valence electrons. The first-order valence-electron chi connectivity index (χ1n) is 9.12. The van der Waals surface area contributed by atoms with Gasteiger partial charge >= 0.3 is 0 Å². The summed E-state index contributed by atoms with van der Waals surface area (Å²) in [7, 11) is 3.32. The first-order valence-corrected chi connectivity index (χ1v) is 9.12. The fraction of sp³-hybridized carbons (Fsp3) is 0.0909. The van der Waals surface area contributed by atoms with Gasteiger partial charge < -0.3 is 19.1 Å². The maximum absolute atomic E-state index is 12.7. The van der Waals surface area contributed by atoms with E-state index in [0.29, 0.717) is 34.0 Å². The van der Waals surface area contributed by atoms with Gasteiger partial charge in [-0.15, -0.1) is 10.2 Å². The molecule has 0 bridgehead atoms. The van der Waals surface area contributed by atoms with Crippen LogP contribution in [-0.2, 0) is 0 Å². The lowest BCUT2D eigenvalue weighted by Crippen LogP contribution is -2.22. The Morgan fingerprint density at radius 2 is 1.67 bits per heavy atom. The SMILES string of the molecule is CN(C)C(=O)c1cccc(C(=O)Nc2cccc(-c3nnc(-c4ccco4)o3)c2)c1. The lowest BCUT2D eigenvalue weighted by molar-refractivity contribution is 0.0827. The van der Waals surface area contributed by atoms with Crippen molar-refractivity contribution >= 4 is 17.5 Å². The van der Waals surface area contributed by atoms with Crippen molar-refractivity contribution in [2.75, 3.05) is 19.4 Å². The van der Waals surface area contributed by atoms with Gasteiger partial charge in [0, 0.05) is 36.5 Å². The van der Waals surface area contributed by atoms with E-state index < -0.39 is 0 Å². The number of benzene rings is 2. The smallest absolute Gasteiger partial charge is 0.283 e. The van der Waals surface area contributed by atoms with Crippen LogP contribution in [-0.4, -0.2) is 41.0 Å². The average molecular weight is 402 g/mol. The molecule has 0 atom stereocenters. The first-order chi connectivity index (χ1) is 14.5. The molecule has 1 N–H and O–H groups in total. The molecule has 0 saturated carbocycles. The molecule has 2 aromatic carbocycles.